The van der Waals surface area contributed by atoms with Crippen LogP contribution < -0.4 is 10.1 Å². The second-order valence-electron chi connectivity index (χ2n) is 6.19. The van der Waals surface area contributed by atoms with E-state index in [2.05, 4.69) is 33.7 Å². The van der Waals surface area contributed by atoms with Crippen molar-refractivity contribution in [2.24, 2.45) is 14.1 Å². The lowest BCUT2D eigenvalue weighted by Crippen LogP contribution is -2.05. The van der Waals surface area contributed by atoms with Crippen LogP contribution in [0.1, 0.15) is 11.1 Å². The standard InChI is InChI=1S/C18H21N5O/c1-22-11-15(10-20-22)18-16(12-23(2)21-18)19-7-5-13-3-4-17-14(9-13)6-8-24-17/h3-4,9-12,19H,5-8H2,1-2H3. The molecule has 1 aliphatic heterocycles. The van der Waals surface area contributed by atoms with E-state index in [-0.39, 0.29) is 0 Å². The molecule has 0 amide bonds. The van der Waals surface area contributed by atoms with Crippen LogP contribution >= 0.6 is 0 Å². The number of nitrogens with one attached hydrogen (secondary N) is 1. The molecular formula is C18H21N5O. The van der Waals surface area contributed by atoms with Gasteiger partial charge in [-0.3, -0.25) is 9.36 Å². The van der Waals surface area contributed by atoms with Gasteiger partial charge in [-0.1, -0.05) is 12.1 Å². The maximum absolute atomic E-state index is 5.56. The molecule has 0 radical (unpaired) electrons. The molecule has 0 atom stereocenters. The molecule has 4 rings (SSSR count). The molecular weight excluding hydrogens is 302 g/mol. The Labute approximate surface area is 141 Å². The van der Waals surface area contributed by atoms with Crippen LogP contribution in [0, 0.1) is 0 Å². The zero-order chi connectivity index (χ0) is 16.5. The van der Waals surface area contributed by atoms with Gasteiger partial charge in [0, 0.05) is 45.0 Å². The van der Waals surface area contributed by atoms with Crippen molar-refractivity contribution in [2.45, 2.75) is 12.8 Å². The number of aromatic nitrogens is 4. The van der Waals surface area contributed by atoms with Crippen molar-refractivity contribution in [3.8, 4) is 17.0 Å². The van der Waals surface area contributed by atoms with Gasteiger partial charge in [0.2, 0.25) is 0 Å². The maximum Gasteiger partial charge on any atom is 0.122 e. The SMILES string of the molecule is Cn1cc(-c2nn(C)cc2NCCc2ccc3c(c2)CCO3)cn1. The summed E-state index contributed by atoms with van der Waals surface area (Å²) in [6.45, 7) is 1.67. The van der Waals surface area contributed by atoms with E-state index in [1.807, 2.05) is 37.4 Å². The Kier molecular flexibility index (Phi) is 3.72. The average molecular weight is 323 g/mol. The smallest absolute Gasteiger partial charge is 0.122 e. The van der Waals surface area contributed by atoms with Gasteiger partial charge in [0.15, 0.2) is 0 Å². The fraction of sp³-hybridized carbons (Fsp3) is 0.333. The van der Waals surface area contributed by atoms with E-state index >= 15 is 0 Å². The number of hydrogen-bond acceptors (Lipinski definition) is 4. The summed E-state index contributed by atoms with van der Waals surface area (Å²) in [5.74, 6) is 1.04. The van der Waals surface area contributed by atoms with Crippen LogP contribution in [0.3, 0.4) is 0 Å². The minimum Gasteiger partial charge on any atom is -0.493 e. The Morgan fingerprint density at radius 3 is 2.96 bits per heavy atom. The summed E-state index contributed by atoms with van der Waals surface area (Å²) >= 11 is 0. The Bertz CT molecular complexity index is 864. The number of anilines is 1. The monoisotopic (exact) mass is 323 g/mol. The molecule has 0 unspecified atom stereocenters. The topological polar surface area (TPSA) is 56.9 Å². The molecule has 124 valence electrons. The summed E-state index contributed by atoms with van der Waals surface area (Å²) in [6, 6.07) is 6.50. The van der Waals surface area contributed by atoms with Crippen molar-refractivity contribution in [1.29, 1.82) is 0 Å². The molecule has 0 fully saturated rings. The third-order valence-corrected chi connectivity index (χ3v) is 4.29. The first-order valence-electron chi connectivity index (χ1n) is 8.20. The van der Waals surface area contributed by atoms with E-state index in [0.717, 1.165) is 48.7 Å². The van der Waals surface area contributed by atoms with Crippen molar-refractivity contribution in [3.63, 3.8) is 0 Å². The van der Waals surface area contributed by atoms with E-state index in [1.54, 1.807) is 4.68 Å². The van der Waals surface area contributed by atoms with E-state index in [4.69, 9.17) is 4.74 Å². The van der Waals surface area contributed by atoms with Crippen LogP contribution in [0.4, 0.5) is 5.69 Å². The molecule has 0 aliphatic carbocycles. The third-order valence-electron chi connectivity index (χ3n) is 4.29. The Balaban J connectivity index is 1.45. The van der Waals surface area contributed by atoms with Gasteiger partial charge in [0.05, 0.1) is 18.5 Å². The molecule has 0 saturated carbocycles. The molecule has 0 bridgehead atoms. The quantitative estimate of drug-likeness (QED) is 0.783. The molecule has 2 aromatic heterocycles. The van der Waals surface area contributed by atoms with Crippen LogP contribution in [0.25, 0.3) is 11.3 Å². The molecule has 24 heavy (non-hydrogen) atoms. The van der Waals surface area contributed by atoms with Crippen molar-refractivity contribution in [1.82, 2.24) is 19.6 Å². The van der Waals surface area contributed by atoms with Crippen molar-refractivity contribution in [3.05, 3.63) is 47.9 Å². The number of hydrogen-bond donors (Lipinski definition) is 1. The fourth-order valence-electron chi connectivity index (χ4n) is 3.11. The van der Waals surface area contributed by atoms with Crippen LogP contribution in [-0.2, 0) is 26.9 Å². The first-order valence-corrected chi connectivity index (χ1v) is 8.20. The normalized spacial score (nSPS) is 12.9. The zero-order valence-electron chi connectivity index (χ0n) is 14.0. The highest BCUT2D eigenvalue weighted by molar-refractivity contribution is 5.72. The molecule has 1 aromatic carbocycles. The minimum atomic E-state index is 0.807. The number of fused-ring (bicyclic) bond motifs is 1. The number of nitrogens with zero attached hydrogens (tertiary/aromatic N) is 4. The summed E-state index contributed by atoms with van der Waals surface area (Å²) in [5.41, 5.74) is 5.65. The van der Waals surface area contributed by atoms with Gasteiger partial charge in [-0.15, -0.1) is 0 Å². The van der Waals surface area contributed by atoms with Gasteiger partial charge in [0.1, 0.15) is 11.4 Å². The van der Waals surface area contributed by atoms with Gasteiger partial charge in [-0.2, -0.15) is 10.2 Å². The highest BCUT2D eigenvalue weighted by Gasteiger charge is 2.13. The molecule has 6 nitrogen and oxygen atoms in total. The molecule has 1 N–H and O–H groups in total. The Morgan fingerprint density at radius 2 is 2.12 bits per heavy atom. The van der Waals surface area contributed by atoms with Crippen molar-refractivity contribution < 1.29 is 4.74 Å². The van der Waals surface area contributed by atoms with Gasteiger partial charge < -0.3 is 10.1 Å². The van der Waals surface area contributed by atoms with Gasteiger partial charge in [-0.25, -0.2) is 0 Å². The van der Waals surface area contributed by atoms with E-state index < -0.39 is 0 Å². The number of ether oxygens (including phenoxy) is 1. The van der Waals surface area contributed by atoms with E-state index in [0.29, 0.717) is 0 Å². The minimum absolute atomic E-state index is 0.807. The molecule has 3 aromatic rings. The number of benzene rings is 1. The largest absolute Gasteiger partial charge is 0.493 e. The average Bonchev–Trinajstić information content (AvgIpc) is 3.27. The van der Waals surface area contributed by atoms with Crippen LogP contribution in [0.15, 0.2) is 36.8 Å². The highest BCUT2D eigenvalue weighted by atomic mass is 16.5. The molecule has 3 heterocycles. The predicted octanol–water partition coefficient (Wildman–Crippen LogP) is 2.41. The summed E-state index contributed by atoms with van der Waals surface area (Å²) < 4.78 is 9.18. The van der Waals surface area contributed by atoms with Crippen LogP contribution in [-0.4, -0.2) is 32.7 Å². The second kappa shape index (κ2) is 6.03. The van der Waals surface area contributed by atoms with Gasteiger partial charge >= 0.3 is 0 Å². The first kappa shape index (κ1) is 14.8. The van der Waals surface area contributed by atoms with E-state index in [9.17, 15) is 0 Å². The lowest BCUT2D eigenvalue weighted by atomic mass is 10.1. The fourth-order valence-corrected chi connectivity index (χ4v) is 3.11. The molecule has 0 saturated heterocycles. The highest BCUT2D eigenvalue weighted by Crippen LogP contribution is 2.27. The lowest BCUT2D eigenvalue weighted by Gasteiger charge is -2.07. The predicted molar refractivity (Wildman–Crippen MR) is 93.2 cm³/mol. The third kappa shape index (κ3) is 2.87. The summed E-state index contributed by atoms with van der Waals surface area (Å²) in [4.78, 5) is 0. The van der Waals surface area contributed by atoms with E-state index in [1.165, 1.54) is 11.1 Å². The van der Waals surface area contributed by atoms with Crippen molar-refractivity contribution >= 4 is 5.69 Å². The zero-order valence-corrected chi connectivity index (χ0v) is 14.0. The molecule has 0 spiro atoms. The molecule has 1 aliphatic rings. The second-order valence-corrected chi connectivity index (χ2v) is 6.19. The summed E-state index contributed by atoms with van der Waals surface area (Å²) in [6.07, 6.45) is 7.82. The van der Waals surface area contributed by atoms with Crippen LogP contribution in [0.5, 0.6) is 5.75 Å². The number of aryl methyl sites for hydroxylation is 2. The molecule has 6 heteroatoms. The Hall–Kier alpha value is -2.76. The van der Waals surface area contributed by atoms with Gasteiger partial charge in [0.25, 0.3) is 0 Å². The lowest BCUT2D eigenvalue weighted by molar-refractivity contribution is 0.357. The summed E-state index contributed by atoms with van der Waals surface area (Å²) in [7, 11) is 3.85. The van der Waals surface area contributed by atoms with Crippen LogP contribution in [0.2, 0.25) is 0 Å². The van der Waals surface area contributed by atoms with Crippen molar-refractivity contribution in [2.75, 3.05) is 18.5 Å². The number of rotatable bonds is 5. The summed E-state index contributed by atoms with van der Waals surface area (Å²) in [5, 5.41) is 12.3. The first-order chi connectivity index (χ1) is 11.7. The van der Waals surface area contributed by atoms with Gasteiger partial charge in [-0.05, 0) is 23.6 Å². The Morgan fingerprint density at radius 1 is 1.21 bits per heavy atom. The maximum atomic E-state index is 5.56.